The van der Waals surface area contributed by atoms with Gasteiger partial charge in [-0.1, -0.05) is 115 Å². The molecule has 0 aromatic heterocycles. The van der Waals surface area contributed by atoms with Crippen LogP contribution in [0.25, 0.3) is 38.7 Å². The molecule has 0 radical (unpaired) electrons. The first-order valence-electron chi connectivity index (χ1n) is 14.5. The largest absolute Gasteiger partial charge is 0.398 e. The van der Waals surface area contributed by atoms with Gasteiger partial charge in [-0.3, -0.25) is 16.0 Å². The Morgan fingerprint density at radius 2 is 1.02 bits per heavy atom. The molecule has 6 aromatic rings. The number of fused-ring (bicyclic) bond motifs is 2. The SMILES string of the molecule is C/C=C\c1ccc(-c2cccc(C3NC(c4ccc5ccccc5c4)NC(c4ccc5ccccc5c4)N3)c2)cc1N. The van der Waals surface area contributed by atoms with Crippen LogP contribution in [0, 0.1) is 0 Å². The number of nitrogens with one attached hydrogen (secondary N) is 3. The molecule has 0 spiro atoms. The van der Waals surface area contributed by atoms with Crippen molar-refractivity contribution < 1.29 is 0 Å². The standard InChI is InChI=1S/C38H34N4/c1-2-8-27-17-18-31(24-35(27)39)30-13-7-14-32(23-30)36-40-37(33-19-15-25-9-3-5-11-28(25)21-33)42-38(41-36)34-20-16-26-10-4-6-12-29(26)22-34/h2-24,36-38,40-42H,39H2,1H3/b8-2-. The Kier molecular flexibility index (Phi) is 7.02. The summed E-state index contributed by atoms with van der Waals surface area (Å²) in [4.78, 5) is 0. The molecule has 1 fully saturated rings. The number of hydrogen-bond donors (Lipinski definition) is 4. The van der Waals surface area contributed by atoms with E-state index in [4.69, 9.17) is 5.73 Å². The molecule has 4 nitrogen and oxygen atoms in total. The Morgan fingerprint density at radius 3 is 1.57 bits per heavy atom. The lowest BCUT2D eigenvalue weighted by Gasteiger charge is -2.40. The summed E-state index contributed by atoms with van der Waals surface area (Å²) in [5.41, 5.74) is 14.0. The first-order chi connectivity index (χ1) is 20.6. The van der Waals surface area contributed by atoms with E-state index < -0.39 is 0 Å². The Hall–Kier alpha value is -4.74. The third-order valence-electron chi connectivity index (χ3n) is 8.20. The van der Waals surface area contributed by atoms with Gasteiger partial charge in [0.25, 0.3) is 0 Å². The second kappa shape index (κ2) is 11.3. The van der Waals surface area contributed by atoms with Crippen molar-refractivity contribution in [2.24, 2.45) is 0 Å². The molecular weight excluding hydrogens is 512 g/mol. The number of hydrogen-bond acceptors (Lipinski definition) is 4. The summed E-state index contributed by atoms with van der Waals surface area (Å²) in [6, 6.07) is 45.5. The number of nitrogens with two attached hydrogens (primary N) is 1. The van der Waals surface area contributed by atoms with E-state index >= 15 is 0 Å². The molecule has 2 unspecified atom stereocenters. The molecule has 1 saturated heterocycles. The maximum Gasteiger partial charge on any atom is 0.0864 e. The first-order valence-corrected chi connectivity index (χ1v) is 14.5. The van der Waals surface area contributed by atoms with Crippen molar-refractivity contribution in [1.29, 1.82) is 0 Å². The topological polar surface area (TPSA) is 62.1 Å². The van der Waals surface area contributed by atoms with Gasteiger partial charge in [-0.2, -0.15) is 0 Å². The molecule has 0 saturated carbocycles. The molecule has 6 aromatic carbocycles. The highest BCUT2D eigenvalue weighted by Gasteiger charge is 2.30. The highest BCUT2D eigenvalue weighted by molar-refractivity contribution is 5.84. The predicted molar refractivity (Wildman–Crippen MR) is 177 cm³/mol. The van der Waals surface area contributed by atoms with Gasteiger partial charge in [0.05, 0.1) is 18.5 Å². The quantitative estimate of drug-likeness (QED) is 0.164. The maximum absolute atomic E-state index is 6.39. The molecule has 0 amide bonds. The van der Waals surface area contributed by atoms with E-state index in [-0.39, 0.29) is 18.5 Å². The maximum atomic E-state index is 6.39. The summed E-state index contributed by atoms with van der Waals surface area (Å²) < 4.78 is 0. The van der Waals surface area contributed by atoms with E-state index in [0.29, 0.717) is 0 Å². The summed E-state index contributed by atoms with van der Waals surface area (Å²) in [6.07, 6.45) is 3.85. The molecule has 1 aliphatic heterocycles. The lowest BCUT2D eigenvalue weighted by atomic mass is 9.97. The van der Waals surface area contributed by atoms with Crippen molar-refractivity contribution in [3.05, 3.63) is 156 Å². The Bertz CT molecular complexity index is 1840. The Labute approximate surface area is 246 Å². The van der Waals surface area contributed by atoms with Gasteiger partial charge in [0.2, 0.25) is 0 Å². The summed E-state index contributed by atoms with van der Waals surface area (Å²) >= 11 is 0. The lowest BCUT2D eigenvalue weighted by Crippen LogP contribution is -2.54. The van der Waals surface area contributed by atoms with Crippen molar-refractivity contribution in [2.75, 3.05) is 5.73 Å². The normalized spacial score (nSPS) is 19.0. The van der Waals surface area contributed by atoms with Crippen molar-refractivity contribution in [3.63, 3.8) is 0 Å². The molecule has 0 aliphatic carbocycles. The zero-order valence-corrected chi connectivity index (χ0v) is 23.6. The fraction of sp³-hybridized carbons (Fsp3) is 0.105. The number of nitrogen functional groups attached to an aromatic ring is 1. The predicted octanol–water partition coefficient (Wildman–Crippen LogP) is 8.45. The second-order valence-corrected chi connectivity index (χ2v) is 11.0. The number of allylic oxidation sites excluding steroid dienone is 1. The van der Waals surface area contributed by atoms with Gasteiger partial charge >= 0.3 is 0 Å². The first kappa shape index (κ1) is 26.2. The van der Waals surface area contributed by atoms with E-state index in [1.165, 1.54) is 38.2 Å². The van der Waals surface area contributed by atoms with Crippen LogP contribution in [0.5, 0.6) is 0 Å². The number of anilines is 1. The minimum atomic E-state index is -0.0845. The van der Waals surface area contributed by atoms with E-state index in [9.17, 15) is 0 Å². The Balaban J connectivity index is 1.26. The molecule has 42 heavy (non-hydrogen) atoms. The zero-order valence-electron chi connectivity index (χ0n) is 23.6. The summed E-state index contributed by atoms with van der Waals surface area (Å²) in [7, 11) is 0. The highest BCUT2D eigenvalue weighted by Crippen LogP contribution is 2.32. The molecule has 5 N–H and O–H groups in total. The molecule has 4 heteroatoms. The summed E-state index contributed by atoms with van der Waals surface area (Å²) in [5, 5.41) is 16.5. The van der Waals surface area contributed by atoms with Crippen LogP contribution in [0.1, 0.15) is 47.7 Å². The van der Waals surface area contributed by atoms with Crippen molar-refractivity contribution in [3.8, 4) is 11.1 Å². The minimum absolute atomic E-state index is 0.0586. The molecule has 0 bridgehead atoms. The fourth-order valence-corrected chi connectivity index (χ4v) is 5.98. The van der Waals surface area contributed by atoms with Crippen LogP contribution in [0.2, 0.25) is 0 Å². The van der Waals surface area contributed by atoms with E-state index in [1.54, 1.807) is 0 Å². The number of rotatable bonds is 5. The molecule has 1 heterocycles. The molecule has 206 valence electrons. The third-order valence-corrected chi connectivity index (χ3v) is 8.20. The fourth-order valence-electron chi connectivity index (χ4n) is 5.98. The van der Waals surface area contributed by atoms with Crippen LogP contribution < -0.4 is 21.7 Å². The monoisotopic (exact) mass is 546 g/mol. The van der Waals surface area contributed by atoms with Gasteiger partial charge in [-0.05, 0) is 86.1 Å². The molecule has 2 atom stereocenters. The van der Waals surface area contributed by atoms with E-state index in [2.05, 4.69) is 143 Å². The third kappa shape index (κ3) is 5.19. The van der Waals surface area contributed by atoms with E-state index in [1.807, 2.05) is 19.1 Å². The van der Waals surface area contributed by atoms with Crippen molar-refractivity contribution >= 4 is 33.3 Å². The Morgan fingerprint density at radius 1 is 0.500 bits per heavy atom. The van der Waals surface area contributed by atoms with Gasteiger partial charge in [0.1, 0.15) is 0 Å². The van der Waals surface area contributed by atoms with Gasteiger partial charge in [-0.25, -0.2) is 0 Å². The molecule has 1 aliphatic rings. The van der Waals surface area contributed by atoms with Crippen LogP contribution in [-0.4, -0.2) is 0 Å². The van der Waals surface area contributed by atoms with Gasteiger partial charge < -0.3 is 5.73 Å². The van der Waals surface area contributed by atoms with Gasteiger partial charge in [0.15, 0.2) is 0 Å². The van der Waals surface area contributed by atoms with Crippen molar-refractivity contribution in [1.82, 2.24) is 16.0 Å². The molecular formula is C38H34N4. The summed E-state index contributed by atoms with van der Waals surface area (Å²) in [5.74, 6) is 0. The van der Waals surface area contributed by atoms with Gasteiger partial charge in [0, 0.05) is 5.69 Å². The van der Waals surface area contributed by atoms with Crippen LogP contribution in [0.15, 0.2) is 133 Å². The smallest absolute Gasteiger partial charge is 0.0864 e. The van der Waals surface area contributed by atoms with Crippen molar-refractivity contribution in [2.45, 2.75) is 25.4 Å². The highest BCUT2D eigenvalue weighted by atomic mass is 15.4. The minimum Gasteiger partial charge on any atom is -0.398 e. The van der Waals surface area contributed by atoms with Crippen LogP contribution in [0.3, 0.4) is 0 Å². The van der Waals surface area contributed by atoms with E-state index in [0.717, 1.165) is 22.4 Å². The number of benzene rings is 6. The van der Waals surface area contributed by atoms with Crippen LogP contribution in [0.4, 0.5) is 5.69 Å². The second-order valence-electron chi connectivity index (χ2n) is 11.0. The average molecular weight is 547 g/mol. The average Bonchev–Trinajstić information content (AvgIpc) is 3.05. The van der Waals surface area contributed by atoms with Gasteiger partial charge in [-0.15, -0.1) is 0 Å². The van der Waals surface area contributed by atoms with Crippen LogP contribution >= 0.6 is 0 Å². The molecule has 7 rings (SSSR count). The zero-order chi connectivity index (χ0) is 28.5. The summed E-state index contributed by atoms with van der Waals surface area (Å²) in [6.45, 7) is 2.01. The van der Waals surface area contributed by atoms with Crippen LogP contribution in [-0.2, 0) is 0 Å². The lowest BCUT2D eigenvalue weighted by molar-refractivity contribution is 0.203.